The molecule has 0 spiro atoms. The second-order valence-electron chi connectivity index (χ2n) is 6.56. The molecule has 1 amide bonds. The number of carbonyl (C=O) groups is 1. The number of aliphatic hydroxyl groups excluding tert-OH is 4. The molecule has 0 aromatic heterocycles. The lowest BCUT2D eigenvalue weighted by Gasteiger charge is -2.39. The third-order valence-electron chi connectivity index (χ3n) is 4.53. The third kappa shape index (κ3) is 6.98. The van der Waals surface area contributed by atoms with E-state index in [0.29, 0.717) is 31.8 Å². The lowest BCUT2D eigenvalue weighted by Crippen LogP contribution is -2.59. The van der Waals surface area contributed by atoms with Crippen molar-refractivity contribution < 1.29 is 44.2 Å². The van der Waals surface area contributed by atoms with Crippen LogP contribution in [0.5, 0.6) is 0 Å². The molecule has 29 heavy (non-hydrogen) atoms. The molecule has 0 radical (unpaired) electrons. The Labute approximate surface area is 168 Å². The summed E-state index contributed by atoms with van der Waals surface area (Å²) in [4.78, 5) is 11.3. The Kier molecular flexibility index (Phi) is 9.91. The zero-order valence-corrected chi connectivity index (χ0v) is 16.1. The van der Waals surface area contributed by atoms with Crippen molar-refractivity contribution in [2.24, 2.45) is 5.73 Å². The van der Waals surface area contributed by atoms with E-state index >= 15 is 0 Å². The van der Waals surface area contributed by atoms with E-state index in [0.717, 1.165) is 5.56 Å². The fourth-order valence-corrected chi connectivity index (χ4v) is 2.91. The summed E-state index contributed by atoms with van der Waals surface area (Å²) in [5.74, 6) is -0.469. The molecule has 1 aliphatic rings. The second kappa shape index (κ2) is 12.2. The van der Waals surface area contributed by atoms with Gasteiger partial charge >= 0.3 is 0 Å². The average molecular weight is 415 g/mol. The van der Waals surface area contributed by atoms with Crippen LogP contribution < -0.4 is 5.73 Å². The molecule has 6 N–H and O–H groups in total. The molecule has 1 heterocycles. The number of aliphatic hydroxyl groups is 4. The lowest BCUT2D eigenvalue weighted by atomic mass is 9.99. The Balaban J connectivity index is 1.55. The van der Waals surface area contributed by atoms with Gasteiger partial charge in [-0.15, -0.1) is 0 Å². The Bertz CT molecular complexity index is 627. The van der Waals surface area contributed by atoms with Crippen LogP contribution in [-0.4, -0.2) is 96.7 Å². The summed E-state index contributed by atoms with van der Waals surface area (Å²) < 4.78 is 21.3. The van der Waals surface area contributed by atoms with Gasteiger partial charge in [0, 0.05) is 5.56 Å². The number of primary amides is 1. The number of nitrogens with two attached hydrogens (primary N) is 1. The van der Waals surface area contributed by atoms with Crippen LogP contribution in [0.2, 0.25) is 0 Å². The zero-order valence-electron chi connectivity index (χ0n) is 16.1. The van der Waals surface area contributed by atoms with Crippen LogP contribution in [0.15, 0.2) is 24.3 Å². The molecule has 1 fully saturated rings. The highest BCUT2D eigenvalue weighted by molar-refractivity contribution is 5.94. The van der Waals surface area contributed by atoms with E-state index in [2.05, 4.69) is 0 Å². The van der Waals surface area contributed by atoms with E-state index in [4.69, 9.17) is 29.8 Å². The predicted molar refractivity (Wildman–Crippen MR) is 100 cm³/mol. The van der Waals surface area contributed by atoms with E-state index in [1.807, 2.05) is 12.1 Å². The predicted octanol–water partition coefficient (Wildman–Crippen LogP) is -1.82. The topological polar surface area (TPSA) is 161 Å². The molecule has 1 saturated heterocycles. The number of hydrogen-bond donors (Lipinski definition) is 5. The number of rotatable bonds is 12. The fourth-order valence-electron chi connectivity index (χ4n) is 2.91. The largest absolute Gasteiger partial charge is 0.394 e. The normalized spacial score (nSPS) is 27.1. The first-order chi connectivity index (χ1) is 14.0. The van der Waals surface area contributed by atoms with Gasteiger partial charge in [0.2, 0.25) is 5.91 Å². The van der Waals surface area contributed by atoms with E-state index in [-0.39, 0.29) is 13.2 Å². The summed E-state index contributed by atoms with van der Waals surface area (Å²) in [6.45, 7) is 0.837. The van der Waals surface area contributed by atoms with Gasteiger partial charge in [-0.3, -0.25) is 4.79 Å². The van der Waals surface area contributed by atoms with Gasteiger partial charge < -0.3 is 45.1 Å². The standard InChI is InChI=1S/C19H29NO9/c20-18(25)13-4-2-1-3-12(13)5-6-26-7-8-27-9-10-28-19-17(24)16(23)15(22)14(11-21)29-19/h1-4,14-17,19,21-24H,5-11H2,(H2,20,25)/t14-,15+,16+,17-,19?/m1/s1. The molecule has 0 bridgehead atoms. The molecule has 1 unspecified atom stereocenters. The Morgan fingerprint density at radius 2 is 1.62 bits per heavy atom. The molecular formula is C19H29NO9. The highest BCUT2D eigenvalue weighted by atomic mass is 16.7. The first-order valence-electron chi connectivity index (χ1n) is 9.41. The summed E-state index contributed by atoms with van der Waals surface area (Å²) in [7, 11) is 0. The number of amides is 1. The van der Waals surface area contributed by atoms with Crippen molar-refractivity contribution in [3.05, 3.63) is 35.4 Å². The lowest BCUT2D eigenvalue weighted by molar-refractivity contribution is -0.302. The van der Waals surface area contributed by atoms with Gasteiger partial charge in [-0.2, -0.15) is 0 Å². The minimum atomic E-state index is -1.47. The van der Waals surface area contributed by atoms with Crippen LogP contribution in [0.4, 0.5) is 0 Å². The van der Waals surface area contributed by atoms with Gasteiger partial charge in [0.05, 0.1) is 39.6 Å². The van der Waals surface area contributed by atoms with Crippen LogP contribution in [0.1, 0.15) is 15.9 Å². The van der Waals surface area contributed by atoms with Crippen molar-refractivity contribution in [1.82, 2.24) is 0 Å². The van der Waals surface area contributed by atoms with Crippen LogP contribution >= 0.6 is 0 Å². The Morgan fingerprint density at radius 3 is 2.31 bits per heavy atom. The molecular weight excluding hydrogens is 386 g/mol. The molecule has 10 heteroatoms. The number of ether oxygens (including phenoxy) is 4. The molecule has 5 atom stereocenters. The Morgan fingerprint density at radius 1 is 0.966 bits per heavy atom. The summed E-state index contributed by atoms with van der Waals surface area (Å²) in [6, 6.07) is 7.09. The van der Waals surface area contributed by atoms with Crippen molar-refractivity contribution in [3.63, 3.8) is 0 Å². The van der Waals surface area contributed by atoms with E-state index in [9.17, 15) is 20.1 Å². The third-order valence-corrected chi connectivity index (χ3v) is 4.53. The van der Waals surface area contributed by atoms with Gasteiger partial charge in [0.15, 0.2) is 6.29 Å². The quantitative estimate of drug-likeness (QED) is 0.248. The molecule has 1 aliphatic heterocycles. The molecule has 1 aromatic carbocycles. The van der Waals surface area contributed by atoms with Gasteiger partial charge in [0.1, 0.15) is 24.4 Å². The molecule has 0 aliphatic carbocycles. The molecule has 2 rings (SSSR count). The molecule has 1 aromatic rings. The van der Waals surface area contributed by atoms with Crippen molar-refractivity contribution in [1.29, 1.82) is 0 Å². The average Bonchev–Trinajstić information content (AvgIpc) is 2.72. The van der Waals surface area contributed by atoms with E-state index in [1.165, 1.54) is 0 Å². The minimum absolute atomic E-state index is 0.0781. The first-order valence-corrected chi connectivity index (χ1v) is 9.41. The Hall–Kier alpha value is -1.63. The zero-order chi connectivity index (χ0) is 21.2. The van der Waals surface area contributed by atoms with Crippen LogP contribution in [-0.2, 0) is 25.4 Å². The minimum Gasteiger partial charge on any atom is -0.394 e. The van der Waals surface area contributed by atoms with Crippen molar-refractivity contribution in [2.75, 3.05) is 39.6 Å². The van der Waals surface area contributed by atoms with Gasteiger partial charge in [0.25, 0.3) is 0 Å². The molecule has 10 nitrogen and oxygen atoms in total. The van der Waals surface area contributed by atoms with Crippen LogP contribution in [0.3, 0.4) is 0 Å². The maximum atomic E-state index is 11.3. The first kappa shape index (κ1) is 23.6. The number of carbonyl (C=O) groups excluding carboxylic acids is 1. The molecule has 0 saturated carbocycles. The van der Waals surface area contributed by atoms with Crippen LogP contribution in [0, 0.1) is 0 Å². The maximum Gasteiger partial charge on any atom is 0.248 e. The molecule has 164 valence electrons. The van der Waals surface area contributed by atoms with Gasteiger partial charge in [-0.1, -0.05) is 18.2 Å². The maximum absolute atomic E-state index is 11.3. The monoisotopic (exact) mass is 415 g/mol. The summed E-state index contributed by atoms with van der Waals surface area (Å²) >= 11 is 0. The van der Waals surface area contributed by atoms with Crippen molar-refractivity contribution in [2.45, 2.75) is 37.1 Å². The number of benzene rings is 1. The van der Waals surface area contributed by atoms with Crippen molar-refractivity contribution in [3.8, 4) is 0 Å². The highest BCUT2D eigenvalue weighted by Crippen LogP contribution is 2.21. The fraction of sp³-hybridized carbons (Fsp3) is 0.632. The smallest absolute Gasteiger partial charge is 0.248 e. The summed E-state index contributed by atoms with van der Waals surface area (Å²) in [5.41, 5.74) is 6.64. The second-order valence-corrected chi connectivity index (χ2v) is 6.56. The van der Waals surface area contributed by atoms with E-state index < -0.39 is 43.2 Å². The summed E-state index contributed by atoms with van der Waals surface area (Å²) in [5, 5.41) is 38.3. The SMILES string of the molecule is NC(=O)c1ccccc1CCOCCOCCOC1O[C@H](CO)[C@H](O)[C@H](O)[C@H]1O. The van der Waals surface area contributed by atoms with Gasteiger partial charge in [-0.05, 0) is 18.1 Å². The van der Waals surface area contributed by atoms with Gasteiger partial charge in [-0.25, -0.2) is 0 Å². The summed E-state index contributed by atoms with van der Waals surface area (Å²) in [6.07, 6.45) is -5.94. The van der Waals surface area contributed by atoms with Crippen molar-refractivity contribution >= 4 is 5.91 Å². The van der Waals surface area contributed by atoms with Crippen LogP contribution in [0.25, 0.3) is 0 Å². The highest BCUT2D eigenvalue weighted by Gasteiger charge is 2.43. The number of hydrogen-bond acceptors (Lipinski definition) is 9. The van der Waals surface area contributed by atoms with E-state index in [1.54, 1.807) is 12.1 Å².